The SMILES string of the molecule is O=C(Cc1noc2ccccc12)Nc1cnc(Oc2ccccc2F)nc1. The number of anilines is 1. The molecular weight excluding hydrogens is 351 g/mol. The van der Waals surface area contributed by atoms with Crippen molar-refractivity contribution in [2.45, 2.75) is 6.42 Å². The summed E-state index contributed by atoms with van der Waals surface area (Å²) in [5.74, 6) is -0.786. The molecule has 0 radical (unpaired) electrons. The van der Waals surface area contributed by atoms with Gasteiger partial charge in [0.15, 0.2) is 17.1 Å². The molecule has 4 aromatic rings. The van der Waals surface area contributed by atoms with Crippen LogP contribution in [0.5, 0.6) is 11.8 Å². The fraction of sp³-hybridized carbons (Fsp3) is 0.0526. The molecule has 2 aromatic heterocycles. The molecular formula is C19H13FN4O3. The average Bonchev–Trinajstić information content (AvgIpc) is 3.08. The Morgan fingerprint density at radius 1 is 1.07 bits per heavy atom. The number of nitrogens with one attached hydrogen (secondary N) is 1. The third-order valence-corrected chi connectivity index (χ3v) is 3.73. The molecule has 27 heavy (non-hydrogen) atoms. The molecule has 0 saturated heterocycles. The van der Waals surface area contributed by atoms with Crippen LogP contribution in [0.15, 0.2) is 65.4 Å². The number of rotatable bonds is 5. The predicted molar refractivity (Wildman–Crippen MR) is 94.8 cm³/mol. The normalized spacial score (nSPS) is 10.7. The van der Waals surface area contributed by atoms with Crippen molar-refractivity contribution >= 4 is 22.6 Å². The Morgan fingerprint density at radius 3 is 2.63 bits per heavy atom. The Balaban J connectivity index is 1.41. The zero-order chi connectivity index (χ0) is 18.6. The van der Waals surface area contributed by atoms with Crippen molar-refractivity contribution in [3.8, 4) is 11.8 Å². The smallest absolute Gasteiger partial charge is 0.322 e. The lowest BCUT2D eigenvalue weighted by atomic mass is 10.1. The third kappa shape index (κ3) is 3.74. The molecule has 0 saturated carbocycles. The summed E-state index contributed by atoms with van der Waals surface area (Å²) in [7, 11) is 0. The number of carbonyl (C=O) groups excluding carboxylic acids is 1. The molecule has 0 atom stereocenters. The number of halogens is 1. The van der Waals surface area contributed by atoms with Gasteiger partial charge in [0.1, 0.15) is 5.69 Å². The quantitative estimate of drug-likeness (QED) is 0.580. The van der Waals surface area contributed by atoms with Crippen LogP contribution < -0.4 is 10.1 Å². The Bertz CT molecular complexity index is 1100. The Hall–Kier alpha value is -3.81. The van der Waals surface area contributed by atoms with Crippen molar-refractivity contribution in [3.63, 3.8) is 0 Å². The first-order valence-corrected chi connectivity index (χ1v) is 8.06. The number of hydrogen-bond acceptors (Lipinski definition) is 6. The van der Waals surface area contributed by atoms with E-state index in [9.17, 15) is 9.18 Å². The van der Waals surface area contributed by atoms with Crippen LogP contribution in [0.1, 0.15) is 5.69 Å². The van der Waals surface area contributed by atoms with E-state index in [1.54, 1.807) is 18.2 Å². The summed E-state index contributed by atoms with van der Waals surface area (Å²) >= 11 is 0. The van der Waals surface area contributed by atoms with Gasteiger partial charge in [-0.15, -0.1) is 0 Å². The molecule has 8 heteroatoms. The summed E-state index contributed by atoms with van der Waals surface area (Å²) in [6, 6.07) is 13.2. The van der Waals surface area contributed by atoms with E-state index in [0.717, 1.165) is 5.39 Å². The van der Waals surface area contributed by atoms with Crippen molar-refractivity contribution in [3.05, 3.63) is 72.4 Å². The van der Waals surface area contributed by atoms with E-state index in [-0.39, 0.29) is 24.1 Å². The number of para-hydroxylation sites is 2. The van der Waals surface area contributed by atoms with E-state index in [2.05, 4.69) is 20.4 Å². The first-order valence-electron chi connectivity index (χ1n) is 8.06. The number of hydrogen-bond donors (Lipinski definition) is 1. The molecule has 1 N–H and O–H groups in total. The van der Waals surface area contributed by atoms with Gasteiger partial charge in [-0.25, -0.2) is 14.4 Å². The summed E-state index contributed by atoms with van der Waals surface area (Å²) in [5.41, 5.74) is 1.55. The maximum absolute atomic E-state index is 13.6. The lowest BCUT2D eigenvalue weighted by molar-refractivity contribution is -0.115. The van der Waals surface area contributed by atoms with Gasteiger partial charge in [0, 0.05) is 5.39 Å². The van der Waals surface area contributed by atoms with Crippen molar-refractivity contribution in [1.82, 2.24) is 15.1 Å². The zero-order valence-electron chi connectivity index (χ0n) is 13.9. The zero-order valence-corrected chi connectivity index (χ0v) is 13.9. The van der Waals surface area contributed by atoms with Gasteiger partial charge in [-0.3, -0.25) is 4.79 Å². The lowest BCUT2D eigenvalue weighted by Crippen LogP contribution is -2.15. The number of carbonyl (C=O) groups is 1. The van der Waals surface area contributed by atoms with Gasteiger partial charge in [-0.1, -0.05) is 29.4 Å². The largest absolute Gasteiger partial charge is 0.421 e. The van der Waals surface area contributed by atoms with Crippen LogP contribution in [-0.2, 0) is 11.2 Å². The van der Waals surface area contributed by atoms with Crippen molar-refractivity contribution in [2.24, 2.45) is 0 Å². The van der Waals surface area contributed by atoms with Crippen LogP contribution in [-0.4, -0.2) is 21.0 Å². The molecule has 0 spiro atoms. The highest BCUT2D eigenvalue weighted by molar-refractivity contribution is 5.94. The molecule has 0 aliphatic carbocycles. The number of benzene rings is 2. The second-order valence-corrected chi connectivity index (χ2v) is 5.64. The minimum Gasteiger partial charge on any atom is -0.421 e. The molecule has 0 fully saturated rings. The number of fused-ring (bicyclic) bond motifs is 1. The van der Waals surface area contributed by atoms with Crippen molar-refractivity contribution in [2.75, 3.05) is 5.32 Å². The lowest BCUT2D eigenvalue weighted by Gasteiger charge is -2.06. The maximum atomic E-state index is 13.6. The predicted octanol–water partition coefficient (Wildman–Crippen LogP) is 3.73. The summed E-state index contributed by atoms with van der Waals surface area (Å²) in [5, 5.41) is 7.39. The fourth-order valence-electron chi connectivity index (χ4n) is 2.48. The van der Waals surface area contributed by atoms with Crippen LogP contribution in [0, 0.1) is 5.82 Å². The standard InChI is InChI=1S/C19H13FN4O3/c20-14-6-2-4-8-17(14)26-19-21-10-12(11-22-19)23-18(25)9-15-13-5-1-3-7-16(13)27-24-15/h1-8,10-11H,9H2,(H,23,25). The molecule has 2 heterocycles. The molecule has 7 nitrogen and oxygen atoms in total. The number of aromatic nitrogens is 3. The summed E-state index contributed by atoms with van der Waals surface area (Å²) < 4.78 is 24.0. The van der Waals surface area contributed by atoms with Crippen molar-refractivity contribution < 1.29 is 18.4 Å². The van der Waals surface area contributed by atoms with Crippen LogP contribution in [0.4, 0.5) is 10.1 Å². The fourth-order valence-corrected chi connectivity index (χ4v) is 2.48. The van der Waals surface area contributed by atoms with E-state index in [1.807, 2.05) is 18.2 Å². The third-order valence-electron chi connectivity index (χ3n) is 3.73. The number of ether oxygens (including phenoxy) is 1. The molecule has 4 rings (SSSR count). The van der Waals surface area contributed by atoms with Crippen LogP contribution in [0.3, 0.4) is 0 Å². The molecule has 0 aliphatic heterocycles. The van der Waals surface area contributed by atoms with Gasteiger partial charge in [-0.2, -0.15) is 0 Å². The van der Waals surface area contributed by atoms with Gasteiger partial charge in [0.05, 0.1) is 24.5 Å². The van der Waals surface area contributed by atoms with E-state index in [4.69, 9.17) is 9.26 Å². The highest BCUT2D eigenvalue weighted by atomic mass is 19.1. The van der Waals surface area contributed by atoms with E-state index in [0.29, 0.717) is 17.0 Å². The molecule has 1 amide bonds. The second kappa shape index (κ2) is 7.20. The van der Waals surface area contributed by atoms with Crippen LogP contribution in [0.2, 0.25) is 0 Å². The van der Waals surface area contributed by atoms with E-state index < -0.39 is 5.82 Å². The summed E-state index contributed by atoms with van der Waals surface area (Å²) in [6.07, 6.45) is 2.80. The van der Waals surface area contributed by atoms with Crippen molar-refractivity contribution in [1.29, 1.82) is 0 Å². The second-order valence-electron chi connectivity index (χ2n) is 5.64. The van der Waals surface area contributed by atoms with Gasteiger partial charge in [0.2, 0.25) is 5.91 Å². The highest BCUT2D eigenvalue weighted by Crippen LogP contribution is 2.22. The monoisotopic (exact) mass is 364 g/mol. The first kappa shape index (κ1) is 16.6. The van der Waals surface area contributed by atoms with Gasteiger partial charge in [0.25, 0.3) is 0 Å². The summed E-state index contributed by atoms with van der Waals surface area (Å²) in [6.45, 7) is 0. The molecule has 0 aliphatic rings. The van der Waals surface area contributed by atoms with E-state index in [1.165, 1.54) is 24.5 Å². The van der Waals surface area contributed by atoms with Gasteiger partial charge in [-0.05, 0) is 24.3 Å². The number of nitrogens with zero attached hydrogens (tertiary/aromatic N) is 3. The number of amides is 1. The maximum Gasteiger partial charge on any atom is 0.322 e. The minimum atomic E-state index is -0.515. The Morgan fingerprint density at radius 2 is 1.81 bits per heavy atom. The molecule has 134 valence electrons. The minimum absolute atomic E-state index is 0.0206. The molecule has 2 aromatic carbocycles. The Kier molecular flexibility index (Phi) is 4.44. The molecule has 0 bridgehead atoms. The topological polar surface area (TPSA) is 90.1 Å². The van der Waals surface area contributed by atoms with Crippen LogP contribution >= 0.6 is 0 Å². The summed E-state index contributed by atoms with van der Waals surface area (Å²) in [4.78, 5) is 20.1. The van der Waals surface area contributed by atoms with Crippen LogP contribution in [0.25, 0.3) is 11.0 Å². The first-order chi connectivity index (χ1) is 13.2. The van der Waals surface area contributed by atoms with E-state index >= 15 is 0 Å². The van der Waals surface area contributed by atoms with Gasteiger partial charge >= 0.3 is 6.01 Å². The average molecular weight is 364 g/mol. The van der Waals surface area contributed by atoms with Gasteiger partial charge < -0.3 is 14.6 Å². The highest BCUT2D eigenvalue weighted by Gasteiger charge is 2.13. The Labute approximate surface area is 152 Å². The molecule has 0 unspecified atom stereocenters.